The molecule has 1 amide bonds. The summed E-state index contributed by atoms with van der Waals surface area (Å²) in [7, 11) is 0. The van der Waals surface area contributed by atoms with E-state index in [4.69, 9.17) is 16.2 Å². The highest BCUT2D eigenvalue weighted by molar-refractivity contribution is 5.92. The van der Waals surface area contributed by atoms with Gasteiger partial charge in [-0.15, -0.1) is 0 Å². The van der Waals surface area contributed by atoms with Gasteiger partial charge in [-0.05, 0) is 30.7 Å². The van der Waals surface area contributed by atoms with Crippen molar-refractivity contribution in [3.05, 3.63) is 35.4 Å². The third kappa shape index (κ3) is 4.10. The molecule has 0 saturated heterocycles. The minimum absolute atomic E-state index is 0.411. The van der Waals surface area contributed by atoms with Crippen LogP contribution in [0.4, 0.5) is 0 Å². The Morgan fingerprint density at radius 3 is 2.47 bits per heavy atom. The van der Waals surface area contributed by atoms with Gasteiger partial charge in [0.2, 0.25) is 5.91 Å². The lowest BCUT2D eigenvalue weighted by Crippen LogP contribution is -2.10. The zero-order valence-electron chi connectivity index (χ0n) is 8.61. The molecule has 1 aromatic rings. The molecule has 0 unspecified atom stereocenters. The second-order valence-electron chi connectivity index (χ2n) is 3.26. The Bertz CT molecular complexity index is 309. The van der Waals surface area contributed by atoms with E-state index >= 15 is 0 Å². The molecule has 82 valence electrons. The van der Waals surface area contributed by atoms with Gasteiger partial charge >= 0.3 is 0 Å². The van der Waals surface area contributed by atoms with Crippen molar-refractivity contribution in [3.8, 4) is 0 Å². The quantitative estimate of drug-likeness (QED) is 0.674. The minimum atomic E-state index is -0.411. The zero-order valence-corrected chi connectivity index (χ0v) is 8.61. The Labute approximate surface area is 89.2 Å². The fraction of sp³-hybridized carbons (Fsp3) is 0.364. The van der Waals surface area contributed by atoms with Crippen molar-refractivity contribution in [3.63, 3.8) is 0 Å². The second-order valence-corrected chi connectivity index (χ2v) is 3.26. The third-order valence-electron chi connectivity index (χ3n) is 2.00. The molecule has 0 fully saturated rings. The van der Waals surface area contributed by atoms with E-state index in [-0.39, 0.29) is 0 Å². The van der Waals surface area contributed by atoms with E-state index in [2.05, 4.69) is 0 Å². The molecule has 0 spiro atoms. The summed E-state index contributed by atoms with van der Waals surface area (Å²) < 4.78 is 5.36. The molecule has 1 aromatic carbocycles. The average Bonchev–Trinajstić information content (AvgIpc) is 2.25. The van der Waals surface area contributed by atoms with Crippen LogP contribution in [0.25, 0.3) is 0 Å². The molecular weight excluding hydrogens is 192 g/mol. The molecule has 15 heavy (non-hydrogen) atoms. The number of primary amides is 1. The first-order chi connectivity index (χ1) is 7.24. The van der Waals surface area contributed by atoms with Crippen LogP contribution in [0, 0.1) is 0 Å². The maximum absolute atomic E-state index is 10.8. The molecule has 0 aromatic heterocycles. The van der Waals surface area contributed by atoms with E-state index in [1.807, 2.05) is 12.1 Å². The van der Waals surface area contributed by atoms with Crippen LogP contribution in [0.15, 0.2) is 24.3 Å². The van der Waals surface area contributed by atoms with Crippen LogP contribution >= 0.6 is 0 Å². The Hall–Kier alpha value is -1.39. The number of benzene rings is 1. The Balaban J connectivity index is 2.39. The Morgan fingerprint density at radius 1 is 1.27 bits per heavy atom. The van der Waals surface area contributed by atoms with E-state index in [9.17, 15) is 4.79 Å². The van der Waals surface area contributed by atoms with Gasteiger partial charge in [0, 0.05) is 12.2 Å². The average molecular weight is 208 g/mol. The summed E-state index contributed by atoms with van der Waals surface area (Å²) in [6, 6.07) is 7.07. The lowest BCUT2D eigenvalue weighted by Gasteiger charge is -2.03. The summed E-state index contributed by atoms with van der Waals surface area (Å²) in [6.07, 6.45) is 0.860. The molecule has 0 bridgehead atoms. The highest BCUT2D eigenvalue weighted by Crippen LogP contribution is 2.05. The number of carbonyl (C=O) groups excluding carboxylic acids is 1. The van der Waals surface area contributed by atoms with Crippen molar-refractivity contribution < 1.29 is 9.53 Å². The molecule has 4 nitrogen and oxygen atoms in total. The number of amides is 1. The van der Waals surface area contributed by atoms with E-state index in [0.717, 1.165) is 12.0 Å². The van der Waals surface area contributed by atoms with Crippen molar-refractivity contribution in [1.82, 2.24) is 0 Å². The smallest absolute Gasteiger partial charge is 0.248 e. The fourth-order valence-corrected chi connectivity index (χ4v) is 1.14. The van der Waals surface area contributed by atoms with E-state index in [1.165, 1.54) is 0 Å². The molecule has 4 heteroatoms. The number of rotatable bonds is 6. The van der Waals surface area contributed by atoms with E-state index in [0.29, 0.717) is 25.3 Å². The lowest BCUT2D eigenvalue weighted by molar-refractivity contribution is 0.1000. The maximum atomic E-state index is 10.8. The number of hydrogen-bond acceptors (Lipinski definition) is 3. The van der Waals surface area contributed by atoms with E-state index in [1.54, 1.807) is 12.1 Å². The summed E-state index contributed by atoms with van der Waals surface area (Å²) in [5, 5.41) is 0. The predicted molar refractivity (Wildman–Crippen MR) is 58.3 cm³/mol. The van der Waals surface area contributed by atoms with Crippen LogP contribution < -0.4 is 11.5 Å². The van der Waals surface area contributed by atoms with Gasteiger partial charge in [-0.1, -0.05) is 12.1 Å². The third-order valence-corrected chi connectivity index (χ3v) is 2.00. The molecule has 0 saturated carbocycles. The first-order valence-electron chi connectivity index (χ1n) is 4.90. The van der Waals surface area contributed by atoms with Crippen molar-refractivity contribution in [2.24, 2.45) is 11.5 Å². The van der Waals surface area contributed by atoms with Gasteiger partial charge in [-0.25, -0.2) is 0 Å². The molecule has 0 aliphatic heterocycles. The molecule has 0 heterocycles. The van der Waals surface area contributed by atoms with Crippen molar-refractivity contribution in [2.45, 2.75) is 13.0 Å². The normalized spacial score (nSPS) is 10.2. The van der Waals surface area contributed by atoms with Crippen LogP contribution in [0.3, 0.4) is 0 Å². The van der Waals surface area contributed by atoms with Gasteiger partial charge in [0.05, 0.1) is 6.61 Å². The minimum Gasteiger partial charge on any atom is -0.377 e. The molecule has 0 aliphatic carbocycles. The molecule has 0 atom stereocenters. The summed E-state index contributed by atoms with van der Waals surface area (Å²) >= 11 is 0. The largest absolute Gasteiger partial charge is 0.377 e. The monoisotopic (exact) mass is 208 g/mol. The summed E-state index contributed by atoms with van der Waals surface area (Å²) in [4.78, 5) is 10.8. The van der Waals surface area contributed by atoms with Gasteiger partial charge < -0.3 is 16.2 Å². The second kappa shape index (κ2) is 6.16. The number of ether oxygens (including phenoxy) is 1. The number of carbonyl (C=O) groups is 1. The first-order valence-corrected chi connectivity index (χ1v) is 4.90. The summed E-state index contributed by atoms with van der Waals surface area (Å²) in [6.45, 7) is 1.84. The Kier molecular flexibility index (Phi) is 4.80. The Morgan fingerprint density at radius 2 is 1.93 bits per heavy atom. The van der Waals surface area contributed by atoms with Crippen molar-refractivity contribution in [2.75, 3.05) is 13.2 Å². The van der Waals surface area contributed by atoms with Gasteiger partial charge in [-0.2, -0.15) is 0 Å². The van der Waals surface area contributed by atoms with Gasteiger partial charge in [0.1, 0.15) is 0 Å². The van der Waals surface area contributed by atoms with Crippen LogP contribution in [-0.4, -0.2) is 19.1 Å². The topological polar surface area (TPSA) is 78.3 Å². The maximum Gasteiger partial charge on any atom is 0.248 e. The standard InChI is InChI=1S/C11H16N2O2/c12-6-1-7-15-8-9-2-4-10(5-3-9)11(13)14/h2-5H,1,6-8,12H2,(H2,13,14). The lowest BCUT2D eigenvalue weighted by atomic mass is 10.1. The molecule has 1 rings (SSSR count). The molecule has 0 radical (unpaired) electrons. The molecular formula is C11H16N2O2. The van der Waals surface area contributed by atoms with E-state index < -0.39 is 5.91 Å². The molecule has 4 N–H and O–H groups in total. The molecule has 0 aliphatic rings. The fourth-order valence-electron chi connectivity index (χ4n) is 1.14. The predicted octanol–water partition coefficient (Wildman–Crippen LogP) is 0.651. The number of hydrogen-bond donors (Lipinski definition) is 2. The van der Waals surface area contributed by atoms with Crippen molar-refractivity contribution in [1.29, 1.82) is 0 Å². The van der Waals surface area contributed by atoms with Gasteiger partial charge in [0.15, 0.2) is 0 Å². The summed E-state index contributed by atoms with van der Waals surface area (Å²) in [5.41, 5.74) is 12.0. The highest BCUT2D eigenvalue weighted by Gasteiger charge is 1.99. The van der Waals surface area contributed by atoms with Crippen LogP contribution in [0.1, 0.15) is 22.3 Å². The zero-order chi connectivity index (χ0) is 11.1. The first kappa shape index (κ1) is 11.7. The highest BCUT2D eigenvalue weighted by atomic mass is 16.5. The number of nitrogens with two attached hydrogens (primary N) is 2. The van der Waals surface area contributed by atoms with Gasteiger partial charge in [0.25, 0.3) is 0 Å². The van der Waals surface area contributed by atoms with Crippen LogP contribution in [0.2, 0.25) is 0 Å². The van der Waals surface area contributed by atoms with Crippen LogP contribution in [0.5, 0.6) is 0 Å². The van der Waals surface area contributed by atoms with Crippen LogP contribution in [-0.2, 0) is 11.3 Å². The van der Waals surface area contributed by atoms with Gasteiger partial charge in [-0.3, -0.25) is 4.79 Å². The SMILES string of the molecule is NCCCOCc1ccc(C(N)=O)cc1. The van der Waals surface area contributed by atoms with Crippen molar-refractivity contribution >= 4 is 5.91 Å². The summed E-state index contributed by atoms with van der Waals surface area (Å²) in [5.74, 6) is -0.411.